The SMILES string of the molecule is C[Si]1(C)c2ccccc2-c2c(-c3cccc4c3C3(c5cc(-c6nc(-c7ccccc7)nc(-c7cccc(-c8cccc9c8sc8ccccc89)c7)n6)ccc5-4)C4CC5CC(C4)CC3C5)cccc21. The minimum Gasteiger partial charge on any atom is -0.208 e. The van der Waals surface area contributed by atoms with Crippen LogP contribution in [-0.2, 0) is 5.41 Å². The van der Waals surface area contributed by atoms with Crippen molar-refractivity contribution in [3.63, 3.8) is 0 Å². The average Bonchev–Trinajstić information content (AvgIpc) is 3.99. The van der Waals surface area contributed by atoms with E-state index in [-0.39, 0.29) is 5.41 Å². The lowest BCUT2D eigenvalue weighted by atomic mass is 9.42. The maximum Gasteiger partial charge on any atom is 0.164 e. The number of fused-ring (bicyclic) bond motifs is 9. The van der Waals surface area contributed by atoms with Crippen molar-refractivity contribution >= 4 is 50.0 Å². The normalized spacial score (nSPS) is 22.1. The molecule has 0 N–H and O–H groups in total. The Labute approximate surface area is 402 Å². The third kappa shape index (κ3) is 5.43. The van der Waals surface area contributed by atoms with Crippen LogP contribution < -0.4 is 10.4 Å². The Morgan fingerprint density at radius 1 is 0.441 bits per heavy atom. The molecule has 0 atom stereocenters. The van der Waals surface area contributed by atoms with Crippen molar-refractivity contribution in [3.8, 4) is 78.7 Å². The highest BCUT2D eigenvalue weighted by molar-refractivity contribution is 7.26. The van der Waals surface area contributed by atoms with Crippen molar-refractivity contribution in [1.29, 1.82) is 0 Å². The monoisotopic (exact) mass is 907 g/mol. The molecule has 10 aromatic rings. The zero-order valence-electron chi connectivity index (χ0n) is 38.3. The fourth-order valence-corrected chi connectivity index (χ4v) is 19.1. The molecule has 3 heterocycles. The standard InChI is InChI=1S/C63H49N3SSi/c1-68(2)55-26-9-7-19-52(55)57-48(21-13-27-56(57)68)50-23-12-22-49-46-29-28-42(36-53(46)63(58(49)50)43-31-37-30-38(33-43)34-44(63)32-37)62-65-60(39-14-4-3-5-15-39)64-61(66-62)41-17-10-16-40(35-41)45-20-11-24-51-47-18-6-8-25-54(47)67-59(45)51/h3-29,35-38,43-44H,30-34H2,1-2H3. The quantitative estimate of drug-likeness (QED) is 0.162. The lowest BCUT2D eigenvalue weighted by Crippen LogP contribution is -2.55. The summed E-state index contributed by atoms with van der Waals surface area (Å²) in [4.78, 5) is 16.1. The van der Waals surface area contributed by atoms with Crippen molar-refractivity contribution < 1.29 is 0 Å². The lowest BCUT2D eigenvalue weighted by Gasteiger charge is -2.61. The summed E-state index contributed by atoms with van der Waals surface area (Å²) in [6.07, 6.45) is 6.70. The highest BCUT2D eigenvalue weighted by Gasteiger charge is 2.62. The summed E-state index contributed by atoms with van der Waals surface area (Å²) >= 11 is 1.87. The number of hydrogen-bond donors (Lipinski definition) is 0. The van der Waals surface area contributed by atoms with E-state index < -0.39 is 8.07 Å². The summed E-state index contributed by atoms with van der Waals surface area (Å²) in [7, 11) is -1.87. The summed E-state index contributed by atoms with van der Waals surface area (Å²) in [5.41, 5.74) is 17.1. The van der Waals surface area contributed by atoms with Crippen LogP contribution in [0.5, 0.6) is 0 Å². The van der Waals surface area contributed by atoms with Gasteiger partial charge in [-0.05, 0) is 140 Å². The molecule has 68 heavy (non-hydrogen) atoms. The molecule has 2 aromatic heterocycles. The average molecular weight is 908 g/mol. The van der Waals surface area contributed by atoms with Gasteiger partial charge >= 0.3 is 0 Å². The van der Waals surface area contributed by atoms with Gasteiger partial charge in [0.2, 0.25) is 0 Å². The second-order valence-corrected chi connectivity index (χ2v) is 26.5. The van der Waals surface area contributed by atoms with Gasteiger partial charge in [-0.1, -0.05) is 171 Å². The molecule has 16 rings (SSSR count). The number of hydrogen-bond acceptors (Lipinski definition) is 4. The molecule has 4 bridgehead atoms. The van der Waals surface area contributed by atoms with Crippen LogP contribution in [-0.4, -0.2) is 23.0 Å². The van der Waals surface area contributed by atoms with Crippen LogP contribution in [0.15, 0.2) is 176 Å². The molecule has 4 saturated carbocycles. The molecule has 0 unspecified atom stereocenters. The van der Waals surface area contributed by atoms with Crippen LogP contribution in [0.2, 0.25) is 13.1 Å². The van der Waals surface area contributed by atoms with Crippen molar-refractivity contribution in [2.75, 3.05) is 0 Å². The molecule has 3 nitrogen and oxygen atoms in total. The van der Waals surface area contributed by atoms with E-state index in [2.05, 4.69) is 189 Å². The Morgan fingerprint density at radius 3 is 1.81 bits per heavy atom. The smallest absolute Gasteiger partial charge is 0.164 e. The molecular formula is C63H49N3SSi. The molecule has 5 aliphatic carbocycles. The van der Waals surface area contributed by atoms with Crippen molar-refractivity contribution in [3.05, 3.63) is 187 Å². The fourth-order valence-electron chi connectivity index (χ4n) is 14.7. The van der Waals surface area contributed by atoms with E-state index >= 15 is 0 Å². The highest BCUT2D eigenvalue weighted by atomic mass is 32.1. The highest BCUT2D eigenvalue weighted by Crippen LogP contribution is 2.71. The van der Waals surface area contributed by atoms with Crippen molar-refractivity contribution in [2.24, 2.45) is 23.7 Å². The van der Waals surface area contributed by atoms with Gasteiger partial charge in [0.25, 0.3) is 0 Å². The molecular weight excluding hydrogens is 859 g/mol. The van der Waals surface area contributed by atoms with Gasteiger partial charge in [0.05, 0.1) is 0 Å². The van der Waals surface area contributed by atoms with Gasteiger partial charge in [-0.15, -0.1) is 11.3 Å². The molecule has 8 aromatic carbocycles. The minimum absolute atomic E-state index is 0.0709. The predicted octanol–water partition coefficient (Wildman–Crippen LogP) is 15.1. The van der Waals surface area contributed by atoms with Gasteiger partial charge in [-0.25, -0.2) is 15.0 Å². The van der Waals surface area contributed by atoms with Crippen LogP contribution in [0.4, 0.5) is 0 Å². The molecule has 0 radical (unpaired) electrons. The third-order valence-corrected chi connectivity index (χ3v) is 22.1. The number of aromatic nitrogens is 3. The number of rotatable bonds is 5. The Bertz CT molecular complexity index is 3730. The van der Waals surface area contributed by atoms with E-state index in [1.54, 1.807) is 15.9 Å². The maximum absolute atomic E-state index is 5.45. The van der Waals surface area contributed by atoms with E-state index in [0.29, 0.717) is 23.5 Å². The minimum atomic E-state index is -1.87. The van der Waals surface area contributed by atoms with Gasteiger partial charge in [0, 0.05) is 42.3 Å². The van der Waals surface area contributed by atoms with E-state index in [1.165, 1.54) is 96.8 Å². The number of thiophene rings is 1. The maximum atomic E-state index is 5.45. The summed E-state index contributed by atoms with van der Waals surface area (Å²) in [5, 5.41) is 5.75. The van der Waals surface area contributed by atoms with Gasteiger partial charge < -0.3 is 0 Å². The molecule has 6 aliphatic rings. The van der Waals surface area contributed by atoms with Crippen LogP contribution in [0.25, 0.3) is 98.8 Å². The van der Waals surface area contributed by atoms with Crippen LogP contribution in [0.1, 0.15) is 43.2 Å². The van der Waals surface area contributed by atoms with Gasteiger partial charge in [0.15, 0.2) is 17.5 Å². The van der Waals surface area contributed by atoms with Crippen LogP contribution >= 0.6 is 11.3 Å². The van der Waals surface area contributed by atoms with Gasteiger partial charge in [0.1, 0.15) is 8.07 Å². The first kappa shape index (κ1) is 39.2. The van der Waals surface area contributed by atoms with Gasteiger partial charge in [-0.2, -0.15) is 0 Å². The Hall–Kier alpha value is -6.79. The number of benzene rings is 8. The van der Waals surface area contributed by atoms with E-state index in [9.17, 15) is 0 Å². The predicted molar refractivity (Wildman–Crippen MR) is 285 cm³/mol. The second kappa shape index (κ2) is 14.4. The Balaban J connectivity index is 0.917. The van der Waals surface area contributed by atoms with E-state index in [4.69, 9.17) is 15.0 Å². The summed E-state index contributed by atoms with van der Waals surface area (Å²) in [6.45, 7) is 5.10. The first-order valence-corrected chi connectivity index (χ1v) is 28.6. The Kier molecular flexibility index (Phi) is 8.29. The zero-order valence-corrected chi connectivity index (χ0v) is 40.2. The molecule has 326 valence electrons. The second-order valence-electron chi connectivity index (χ2n) is 21.1. The largest absolute Gasteiger partial charge is 0.208 e. The lowest BCUT2D eigenvalue weighted by molar-refractivity contribution is -0.0397. The van der Waals surface area contributed by atoms with Gasteiger partial charge in [-0.3, -0.25) is 0 Å². The van der Waals surface area contributed by atoms with Crippen molar-refractivity contribution in [2.45, 2.75) is 50.6 Å². The van der Waals surface area contributed by atoms with E-state index in [0.717, 1.165) is 39.9 Å². The van der Waals surface area contributed by atoms with Crippen LogP contribution in [0.3, 0.4) is 0 Å². The fraction of sp³-hybridized carbons (Fsp3) is 0.190. The first-order valence-electron chi connectivity index (χ1n) is 24.8. The van der Waals surface area contributed by atoms with Crippen LogP contribution in [0, 0.1) is 23.7 Å². The molecule has 5 heteroatoms. The summed E-state index contributed by atoms with van der Waals surface area (Å²) < 4.78 is 2.62. The molecule has 0 amide bonds. The molecule has 0 saturated heterocycles. The molecule has 4 fully saturated rings. The molecule has 1 aliphatic heterocycles. The third-order valence-electron chi connectivity index (χ3n) is 17.3. The van der Waals surface area contributed by atoms with Crippen molar-refractivity contribution in [1.82, 2.24) is 15.0 Å². The zero-order chi connectivity index (χ0) is 44.9. The molecule has 1 spiro atoms. The topological polar surface area (TPSA) is 38.7 Å². The summed E-state index contributed by atoms with van der Waals surface area (Å²) in [5.74, 6) is 5.01. The Morgan fingerprint density at radius 2 is 1.00 bits per heavy atom. The first-order chi connectivity index (χ1) is 33.4. The number of nitrogens with zero attached hydrogens (tertiary/aromatic N) is 3. The summed E-state index contributed by atoms with van der Waals surface area (Å²) in [6, 6.07) is 65.9. The van der Waals surface area contributed by atoms with E-state index in [1.807, 2.05) is 11.3 Å².